The molecule has 0 heterocycles. The van der Waals surface area contributed by atoms with Crippen LogP contribution in [-0.4, -0.2) is 42.5 Å². The van der Waals surface area contributed by atoms with E-state index in [-0.39, 0.29) is 74.9 Å². The fraction of sp³-hybridized carbons (Fsp3) is 0.706. The number of ketones is 4. The maximum atomic E-state index is 11.4. The van der Waals surface area contributed by atoms with E-state index in [1.165, 1.54) is 0 Å². The number of ether oxygens (including phenoxy) is 2. The molecule has 0 aliphatic heterocycles. The van der Waals surface area contributed by atoms with Crippen LogP contribution in [0.5, 0.6) is 0 Å². The highest BCUT2D eigenvalue weighted by molar-refractivity contribution is 5.86. The molecule has 0 aromatic rings. The van der Waals surface area contributed by atoms with E-state index in [1.807, 2.05) is 0 Å². The molecule has 0 aliphatic carbocycles. The van der Waals surface area contributed by atoms with E-state index in [2.05, 4.69) is 0 Å². The number of carbonyl (C=O) groups is 5. The lowest BCUT2D eigenvalue weighted by Crippen LogP contribution is -2.14. The summed E-state index contributed by atoms with van der Waals surface area (Å²) in [7, 11) is 0. The maximum absolute atomic E-state index is 11.4. The Morgan fingerprint density at radius 2 is 0.875 bits per heavy atom. The molecule has 0 aromatic heterocycles. The second-order valence-electron chi connectivity index (χ2n) is 5.31. The van der Waals surface area contributed by atoms with Gasteiger partial charge in [-0.15, -0.1) is 0 Å². The van der Waals surface area contributed by atoms with Gasteiger partial charge in [-0.3, -0.25) is 19.2 Å². The lowest BCUT2D eigenvalue weighted by atomic mass is 10.1. The molecule has 0 spiro atoms. The molecule has 0 unspecified atom stereocenters. The van der Waals surface area contributed by atoms with Crippen LogP contribution in [0.1, 0.15) is 65.2 Å². The molecular weight excluding hydrogens is 316 g/mol. The molecule has 7 nitrogen and oxygen atoms in total. The van der Waals surface area contributed by atoms with E-state index in [1.54, 1.807) is 13.8 Å². The molecule has 0 saturated heterocycles. The van der Waals surface area contributed by atoms with Gasteiger partial charge in [-0.2, -0.15) is 0 Å². The van der Waals surface area contributed by atoms with Crippen molar-refractivity contribution in [1.29, 1.82) is 0 Å². The number of hydrogen-bond donors (Lipinski definition) is 0. The van der Waals surface area contributed by atoms with E-state index >= 15 is 0 Å². The van der Waals surface area contributed by atoms with Gasteiger partial charge < -0.3 is 9.47 Å². The average Bonchev–Trinajstić information content (AvgIpc) is 2.57. The molecule has 0 fully saturated rings. The van der Waals surface area contributed by atoms with Crippen LogP contribution in [-0.2, 0) is 28.7 Å². The third kappa shape index (κ3) is 12.5. The van der Waals surface area contributed by atoms with Crippen LogP contribution in [0.25, 0.3) is 0 Å². The molecular formula is C17H26O7. The molecule has 0 atom stereocenters. The molecule has 0 aliphatic rings. The zero-order chi connectivity index (χ0) is 18.4. The normalized spacial score (nSPS) is 10.1. The van der Waals surface area contributed by atoms with E-state index in [0.717, 1.165) is 0 Å². The average molecular weight is 342 g/mol. The van der Waals surface area contributed by atoms with E-state index in [4.69, 9.17) is 9.47 Å². The van der Waals surface area contributed by atoms with Crippen molar-refractivity contribution in [2.75, 3.05) is 13.2 Å². The van der Waals surface area contributed by atoms with E-state index in [0.29, 0.717) is 12.8 Å². The Balaban J connectivity index is 3.66. The summed E-state index contributed by atoms with van der Waals surface area (Å²) >= 11 is 0. The minimum atomic E-state index is -0.940. The van der Waals surface area contributed by atoms with Crippen molar-refractivity contribution < 1.29 is 33.4 Å². The number of rotatable bonds is 14. The van der Waals surface area contributed by atoms with Gasteiger partial charge in [0.15, 0.2) is 0 Å². The van der Waals surface area contributed by atoms with E-state index in [9.17, 15) is 24.0 Å². The van der Waals surface area contributed by atoms with Gasteiger partial charge in [-0.25, -0.2) is 4.79 Å². The largest absolute Gasteiger partial charge is 0.508 e. The van der Waals surface area contributed by atoms with Gasteiger partial charge in [-0.05, 0) is 0 Å². The summed E-state index contributed by atoms with van der Waals surface area (Å²) in [5.41, 5.74) is 0. The van der Waals surface area contributed by atoms with Crippen LogP contribution in [0.3, 0.4) is 0 Å². The SMILES string of the molecule is CCC(=O)CCC(=O)CCOC(=O)OCCC(=O)CCC(=O)CC. The van der Waals surface area contributed by atoms with E-state index < -0.39 is 6.16 Å². The first kappa shape index (κ1) is 21.9. The fourth-order valence-corrected chi connectivity index (χ4v) is 1.70. The number of hydrogen-bond acceptors (Lipinski definition) is 7. The first-order valence-corrected chi connectivity index (χ1v) is 8.25. The van der Waals surface area contributed by atoms with Gasteiger partial charge in [0, 0.05) is 51.4 Å². The maximum Gasteiger partial charge on any atom is 0.508 e. The summed E-state index contributed by atoms with van der Waals surface area (Å²) in [5.74, 6) is -0.260. The molecule has 0 saturated carbocycles. The molecule has 7 heteroatoms. The smallest absolute Gasteiger partial charge is 0.434 e. The van der Waals surface area contributed by atoms with Crippen LogP contribution in [0, 0.1) is 0 Å². The fourth-order valence-electron chi connectivity index (χ4n) is 1.70. The van der Waals surface area contributed by atoms with Crippen molar-refractivity contribution in [2.24, 2.45) is 0 Å². The first-order valence-electron chi connectivity index (χ1n) is 8.25. The highest BCUT2D eigenvalue weighted by Crippen LogP contribution is 2.01. The topological polar surface area (TPSA) is 104 Å². The van der Waals surface area contributed by atoms with Gasteiger partial charge in [0.05, 0.1) is 0 Å². The summed E-state index contributed by atoms with van der Waals surface area (Å²) in [6.07, 6.45) is 0.651. The number of carbonyl (C=O) groups excluding carboxylic acids is 5. The molecule has 24 heavy (non-hydrogen) atoms. The molecule has 0 amide bonds. The molecule has 0 rings (SSSR count). The van der Waals surface area contributed by atoms with Crippen LogP contribution < -0.4 is 0 Å². The second kappa shape index (κ2) is 13.4. The van der Waals surface area contributed by atoms with Crippen LogP contribution in [0.2, 0.25) is 0 Å². The van der Waals surface area contributed by atoms with Crippen molar-refractivity contribution in [2.45, 2.75) is 65.2 Å². The second-order valence-corrected chi connectivity index (χ2v) is 5.31. The van der Waals surface area contributed by atoms with Crippen molar-refractivity contribution >= 4 is 29.3 Å². The number of Topliss-reactive ketones (excluding diaryl/α,β-unsaturated/α-hetero) is 4. The quantitative estimate of drug-likeness (QED) is 0.447. The van der Waals surface area contributed by atoms with Crippen molar-refractivity contribution in [3.63, 3.8) is 0 Å². The van der Waals surface area contributed by atoms with Crippen molar-refractivity contribution in [3.05, 3.63) is 0 Å². The van der Waals surface area contributed by atoms with Gasteiger partial charge in [-0.1, -0.05) is 13.8 Å². The zero-order valence-corrected chi connectivity index (χ0v) is 14.4. The predicted molar refractivity (Wildman–Crippen MR) is 85.6 cm³/mol. The summed E-state index contributed by atoms with van der Waals surface area (Å²) in [5, 5.41) is 0. The molecule has 136 valence electrons. The Labute approximate surface area is 142 Å². The van der Waals surface area contributed by atoms with Crippen molar-refractivity contribution in [1.82, 2.24) is 0 Å². The van der Waals surface area contributed by atoms with Gasteiger partial charge >= 0.3 is 6.16 Å². The van der Waals surface area contributed by atoms with Gasteiger partial charge in [0.25, 0.3) is 0 Å². The van der Waals surface area contributed by atoms with Crippen molar-refractivity contribution in [3.8, 4) is 0 Å². The summed E-state index contributed by atoms with van der Waals surface area (Å²) in [4.78, 5) is 56.3. The Bertz CT molecular complexity index is 414. The third-order valence-corrected chi connectivity index (χ3v) is 3.36. The zero-order valence-electron chi connectivity index (χ0n) is 14.4. The van der Waals surface area contributed by atoms with Crippen LogP contribution >= 0.6 is 0 Å². The molecule has 0 bridgehead atoms. The first-order chi connectivity index (χ1) is 11.4. The Morgan fingerprint density at radius 1 is 0.542 bits per heavy atom. The summed E-state index contributed by atoms with van der Waals surface area (Å²) < 4.78 is 9.42. The Kier molecular flexibility index (Phi) is 12.3. The lowest BCUT2D eigenvalue weighted by Gasteiger charge is -2.05. The standard InChI is InChI=1S/C17H26O7/c1-3-13(18)5-7-15(20)9-11-23-17(22)24-12-10-16(21)8-6-14(19)4-2/h3-12H2,1-2H3. The lowest BCUT2D eigenvalue weighted by molar-refractivity contribution is -0.124. The summed E-state index contributed by atoms with van der Waals surface area (Å²) in [6.45, 7) is 3.24. The van der Waals surface area contributed by atoms with Crippen LogP contribution in [0.4, 0.5) is 4.79 Å². The summed E-state index contributed by atoms with van der Waals surface area (Å²) in [6, 6.07) is 0. The monoisotopic (exact) mass is 342 g/mol. The Morgan fingerprint density at radius 3 is 1.21 bits per heavy atom. The predicted octanol–water partition coefficient (Wildman–Crippen LogP) is 2.58. The molecule has 0 radical (unpaired) electrons. The highest BCUT2D eigenvalue weighted by atomic mass is 16.7. The van der Waals surface area contributed by atoms with Gasteiger partial charge in [0.1, 0.15) is 36.3 Å². The third-order valence-electron chi connectivity index (χ3n) is 3.36. The van der Waals surface area contributed by atoms with Crippen LogP contribution in [0.15, 0.2) is 0 Å². The minimum Gasteiger partial charge on any atom is -0.434 e. The Hall–Kier alpha value is -2.05. The molecule has 0 aromatic carbocycles. The minimum absolute atomic E-state index is 0.0222. The van der Waals surface area contributed by atoms with Gasteiger partial charge in [0.2, 0.25) is 0 Å². The highest BCUT2D eigenvalue weighted by Gasteiger charge is 2.10. The molecule has 0 N–H and O–H groups in total.